The van der Waals surface area contributed by atoms with E-state index in [1.54, 1.807) is 4.90 Å². The van der Waals surface area contributed by atoms with Crippen molar-refractivity contribution in [2.45, 2.75) is 24.2 Å². The molecule has 0 N–H and O–H groups in total. The molecule has 0 saturated carbocycles. The fourth-order valence-electron chi connectivity index (χ4n) is 3.21. The third-order valence-corrected chi connectivity index (χ3v) is 7.15. The molecule has 10 heteroatoms. The predicted molar refractivity (Wildman–Crippen MR) is 114 cm³/mol. The monoisotopic (exact) mass is 468 g/mol. The molecule has 7 nitrogen and oxygen atoms in total. The number of hydrogen-bond donors (Lipinski definition) is 0. The maximum atomic E-state index is 13.1. The first-order valence-corrected chi connectivity index (χ1v) is 11.5. The maximum absolute atomic E-state index is 13.1. The zero-order valence-electron chi connectivity index (χ0n) is 16.9. The van der Waals surface area contributed by atoms with Crippen LogP contribution < -0.4 is 4.31 Å². The summed E-state index contributed by atoms with van der Waals surface area (Å²) in [5, 5.41) is -0.00110. The molecule has 1 fully saturated rings. The van der Waals surface area contributed by atoms with Gasteiger partial charge in [0.2, 0.25) is 0 Å². The second-order valence-electron chi connectivity index (χ2n) is 7.11. The largest absolute Gasteiger partial charge is 0.452 e. The van der Waals surface area contributed by atoms with Gasteiger partial charge in [0.25, 0.3) is 15.9 Å². The summed E-state index contributed by atoms with van der Waals surface area (Å²) < 4.78 is 45.1. The van der Waals surface area contributed by atoms with E-state index in [9.17, 15) is 22.4 Å². The smallest absolute Gasteiger partial charge is 0.340 e. The van der Waals surface area contributed by atoms with Gasteiger partial charge in [0.05, 0.1) is 21.2 Å². The number of hydrogen-bond acceptors (Lipinski definition) is 5. The minimum atomic E-state index is -4.06. The highest BCUT2D eigenvalue weighted by Crippen LogP contribution is 2.26. The van der Waals surface area contributed by atoms with Gasteiger partial charge >= 0.3 is 5.97 Å². The number of ether oxygens (including phenoxy) is 1. The van der Waals surface area contributed by atoms with Crippen molar-refractivity contribution >= 4 is 39.2 Å². The predicted octanol–water partition coefficient (Wildman–Crippen LogP) is 3.47. The van der Waals surface area contributed by atoms with Crippen LogP contribution in [-0.4, -0.2) is 51.9 Å². The molecule has 0 radical (unpaired) electrons. The number of carbonyl (C=O) groups excluding carboxylic acids is 2. The molecule has 1 aliphatic heterocycles. The Hall–Kier alpha value is -2.65. The molecule has 0 bridgehead atoms. The number of esters is 1. The molecule has 0 atom stereocenters. The summed E-state index contributed by atoms with van der Waals surface area (Å²) in [6.45, 7) is 0.808. The quantitative estimate of drug-likeness (QED) is 0.606. The number of anilines is 1. The summed E-state index contributed by atoms with van der Waals surface area (Å²) in [5.74, 6) is -1.69. The van der Waals surface area contributed by atoms with Crippen LogP contribution in [0.2, 0.25) is 5.02 Å². The van der Waals surface area contributed by atoms with Crippen molar-refractivity contribution in [1.29, 1.82) is 0 Å². The van der Waals surface area contributed by atoms with Crippen molar-refractivity contribution in [3.8, 4) is 0 Å². The van der Waals surface area contributed by atoms with Crippen LogP contribution in [0.4, 0.5) is 10.1 Å². The highest BCUT2D eigenvalue weighted by molar-refractivity contribution is 7.92. The Bertz CT molecular complexity index is 1070. The lowest BCUT2D eigenvalue weighted by Gasteiger charge is -2.26. The molecule has 0 aromatic heterocycles. The Kier molecular flexibility index (Phi) is 7.17. The first-order chi connectivity index (χ1) is 14.7. The van der Waals surface area contributed by atoms with Gasteiger partial charge in [0.15, 0.2) is 6.61 Å². The Morgan fingerprint density at radius 3 is 2.39 bits per heavy atom. The normalized spacial score (nSPS) is 14.2. The van der Waals surface area contributed by atoms with Gasteiger partial charge < -0.3 is 9.64 Å². The van der Waals surface area contributed by atoms with Crippen LogP contribution in [0, 0.1) is 5.82 Å². The summed E-state index contributed by atoms with van der Waals surface area (Å²) in [7, 11) is -2.74. The van der Waals surface area contributed by atoms with E-state index < -0.39 is 28.4 Å². The first kappa shape index (κ1) is 23.0. The Morgan fingerprint density at radius 1 is 1.10 bits per heavy atom. The summed E-state index contributed by atoms with van der Waals surface area (Å²) >= 11 is 6.07. The highest BCUT2D eigenvalue weighted by Gasteiger charge is 2.25. The van der Waals surface area contributed by atoms with Gasteiger partial charge in [0.1, 0.15) is 5.82 Å². The van der Waals surface area contributed by atoms with Gasteiger partial charge in [-0.2, -0.15) is 0 Å². The van der Waals surface area contributed by atoms with Gasteiger partial charge in [-0.15, -0.1) is 0 Å². The Labute approximate surface area is 185 Å². The van der Waals surface area contributed by atoms with E-state index in [-0.39, 0.29) is 27.1 Å². The van der Waals surface area contributed by atoms with Crippen LogP contribution in [0.1, 0.15) is 29.6 Å². The van der Waals surface area contributed by atoms with Crippen LogP contribution in [0.25, 0.3) is 0 Å². The van der Waals surface area contributed by atoms with Gasteiger partial charge in [-0.05, 0) is 61.7 Å². The second kappa shape index (κ2) is 9.65. The van der Waals surface area contributed by atoms with Crippen LogP contribution in [0.15, 0.2) is 47.4 Å². The molecular formula is C21H22ClFN2O5S. The standard InChI is InChI=1S/C21H22ClFN2O5S/c1-24(16-7-5-15(23)6-8-16)31(28,29)17-9-10-19(22)18(13-17)21(27)30-14-20(26)25-11-3-2-4-12-25/h5-10,13H,2-4,11-12,14H2,1H3. The molecule has 1 amide bonds. The summed E-state index contributed by atoms with van der Waals surface area (Å²) in [6, 6.07) is 8.57. The molecule has 31 heavy (non-hydrogen) atoms. The first-order valence-electron chi connectivity index (χ1n) is 9.69. The van der Waals surface area contributed by atoms with E-state index in [1.807, 2.05) is 0 Å². The lowest BCUT2D eigenvalue weighted by Crippen LogP contribution is -2.38. The van der Waals surface area contributed by atoms with Gasteiger partial charge in [-0.25, -0.2) is 17.6 Å². The fraction of sp³-hybridized carbons (Fsp3) is 0.333. The zero-order valence-corrected chi connectivity index (χ0v) is 18.5. The third kappa shape index (κ3) is 5.34. The lowest BCUT2D eigenvalue weighted by molar-refractivity contribution is -0.135. The fourth-order valence-corrected chi connectivity index (χ4v) is 4.63. The Morgan fingerprint density at radius 2 is 1.74 bits per heavy atom. The molecule has 3 rings (SSSR count). The maximum Gasteiger partial charge on any atom is 0.340 e. The second-order valence-corrected chi connectivity index (χ2v) is 9.48. The van der Waals surface area contributed by atoms with Gasteiger partial charge in [0, 0.05) is 20.1 Å². The SMILES string of the molecule is CN(c1ccc(F)cc1)S(=O)(=O)c1ccc(Cl)c(C(=O)OCC(=O)N2CCCCC2)c1. The number of halogens is 2. The van der Waals surface area contributed by atoms with E-state index >= 15 is 0 Å². The number of sulfonamides is 1. The van der Waals surface area contributed by atoms with Crippen molar-refractivity contribution in [3.63, 3.8) is 0 Å². The van der Waals surface area contributed by atoms with Crippen molar-refractivity contribution in [1.82, 2.24) is 4.90 Å². The number of nitrogens with zero attached hydrogens (tertiary/aromatic N) is 2. The van der Waals surface area contributed by atoms with Gasteiger partial charge in [-0.3, -0.25) is 9.10 Å². The van der Waals surface area contributed by atoms with E-state index in [0.717, 1.165) is 41.8 Å². The lowest BCUT2D eigenvalue weighted by atomic mass is 10.1. The molecule has 2 aromatic rings. The molecule has 166 valence electrons. The summed E-state index contributed by atoms with van der Waals surface area (Å²) in [4.78, 5) is 26.1. The summed E-state index contributed by atoms with van der Waals surface area (Å²) in [6.07, 6.45) is 2.88. The van der Waals surface area contributed by atoms with Crippen molar-refractivity contribution in [2.24, 2.45) is 0 Å². The number of rotatable bonds is 6. The highest BCUT2D eigenvalue weighted by atomic mass is 35.5. The Balaban J connectivity index is 1.76. The van der Waals surface area contributed by atoms with E-state index in [2.05, 4.69) is 0 Å². The van der Waals surface area contributed by atoms with Crippen LogP contribution in [-0.2, 0) is 19.6 Å². The minimum absolute atomic E-state index is 0.00110. The molecule has 0 unspecified atom stereocenters. The van der Waals surface area contributed by atoms with Crippen molar-refractivity contribution in [3.05, 3.63) is 58.9 Å². The van der Waals surface area contributed by atoms with Crippen LogP contribution in [0.3, 0.4) is 0 Å². The molecule has 1 saturated heterocycles. The number of benzene rings is 2. The van der Waals surface area contributed by atoms with Crippen molar-refractivity contribution in [2.75, 3.05) is 31.0 Å². The zero-order chi connectivity index (χ0) is 22.6. The van der Waals surface area contributed by atoms with E-state index in [4.69, 9.17) is 16.3 Å². The molecular weight excluding hydrogens is 447 g/mol. The molecule has 0 aliphatic carbocycles. The van der Waals surface area contributed by atoms with Gasteiger partial charge in [-0.1, -0.05) is 11.6 Å². The van der Waals surface area contributed by atoms with Crippen LogP contribution >= 0.6 is 11.6 Å². The molecule has 1 aliphatic rings. The van der Waals surface area contributed by atoms with Crippen LogP contribution in [0.5, 0.6) is 0 Å². The molecule has 1 heterocycles. The number of carbonyl (C=O) groups is 2. The average molecular weight is 469 g/mol. The van der Waals surface area contributed by atoms with E-state index in [0.29, 0.717) is 13.1 Å². The number of amides is 1. The number of likely N-dealkylation sites (tertiary alicyclic amines) is 1. The molecule has 2 aromatic carbocycles. The topological polar surface area (TPSA) is 84.0 Å². The van der Waals surface area contributed by atoms with Crippen molar-refractivity contribution < 1.29 is 27.1 Å². The van der Waals surface area contributed by atoms with E-state index in [1.165, 1.54) is 31.3 Å². The average Bonchev–Trinajstić information content (AvgIpc) is 2.78. The summed E-state index contributed by atoms with van der Waals surface area (Å²) in [5.41, 5.74) is 0.0781. The number of piperidine rings is 1. The third-order valence-electron chi connectivity index (χ3n) is 5.04. The molecule has 0 spiro atoms. The minimum Gasteiger partial charge on any atom is -0.452 e.